The number of benzene rings is 1. The van der Waals surface area contributed by atoms with Gasteiger partial charge in [-0.2, -0.15) is 0 Å². The molecule has 2 aliphatic heterocycles. The lowest BCUT2D eigenvalue weighted by molar-refractivity contribution is -0.148. The molecule has 3 aliphatic carbocycles. The van der Waals surface area contributed by atoms with E-state index in [1.54, 1.807) is 25.1 Å². The molecule has 2 fully saturated rings. The number of likely N-dealkylation sites (N-methyl/N-ethyl adjacent to an activating group) is 1. The third-order valence-corrected chi connectivity index (χ3v) is 10.2. The fourth-order valence-electron chi connectivity index (χ4n) is 8.53. The molecule has 1 aromatic rings. The highest BCUT2D eigenvalue weighted by Crippen LogP contribution is 2.53. The molecule has 1 aromatic carbocycles. The fourth-order valence-corrected chi connectivity index (χ4v) is 8.53. The second kappa shape index (κ2) is 9.30. The summed E-state index contributed by atoms with van der Waals surface area (Å²) in [5.41, 5.74) is 4.29. The highest BCUT2D eigenvalue weighted by Gasteiger charge is 2.63. The number of hydrogen-bond donors (Lipinski definition) is 5. The van der Waals surface area contributed by atoms with Crippen LogP contribution in [0.2, 0.25) is 0 Å². The van der Waals surface area contributed by atoms with Crippen LogP contribution in [-0.4, -0.2) is 99.6 Å². The lowest BCUT2D eigenvalue weighted by atomic mass is 9.58. The summed E-state index contributed by atoms with van der Waals surface area (Å²) >= 11 is 0. The summed E-state index contributed by atoms with van der Waals surface area (Å²) in [6, 6.07) is 1.66. The molecule has 0 radical (unpaired) electrons. The average Bonchev–Trinajstić information content (AvgIpc) is 3.44. The Labute approximate surface area is 238 Å². The minimum Gasteiger partial charge on any atom is -0.510 e. The van der Waals surface area contributed by atoms with Crippen LogP contribution in [0.4, 0.5) is 5.69 Å². The monoisotopic (exact) mass is 566 g/mol. The van der Waals surface area contributed by atoms with Crippen LogP contribution in [-0.2, 0) is 22.6 Å². The number of hydrogen-bond acceptors (Lipinski definition) is 10. The van der Waals surface area contributed by atoms with E-state index in [4.69, 9.17) is 5.73 Å². The number of Topliss-reactive ketones (excluding diaryl/α,β-unsaturated/α-hetero) is 2. The van der Waals surface area contributed by atoms with Gasteiger partial charge in [0.2, 0.25) is 5.78 Å². The van der Waals surface area contributed by atoms with Crippen LogP contribution < -0.4 is 10.6 Å². The number of amides is 1. The molecule has 11 heteroatoms. The van der Waals surface area contributed by atoms with E-state index in [2.05, 4.69) is 4.90 Å². The van der Waals surface area contributed by atoms with E-state index in [9.17, 15) is 34.8 Å². The van der Waals surface area contributed by atoms with Gasteiger partial charge < -0.3 is 31.1 Å². The van der Waals surface area contributed by atoms with Gasteiger partial charge in [0, 0.05) is 49.9 Å². The Morgan fingerprint density at radius 2 is 1.68 bits per heavy atom. The number of carbonyl (C=O) groups excluding carboxylic acids is 3. The number of primary amides is 1. The lowest BCUT2D eigenvalue weighted by Gasteiger charge is -2.50. The molecule has 4 atom stereocenters. The maximum atomic E-state index is 14.1. The highest BCUT2D eigenvalue weighted by atomic mass is 16.3. The van der Waals surface area contributed by atoms with E-state index in [0.29, 0.717) is 24.2 Å². The summed E-state index contributed by atoms with van der Waals surface area (Å²) in [7, 11) is 7.04. The van der Waals surface area contributed by atoms with E-state index >= 15 is 0 Å². The molecule has 1 amide bonds. The lowest BCUT2D eigenvalue weighted by Crippen LogP contribution is -2.63. The Hall–Kier alpha value is -3.41. The van der Waals surface area contributed by atoms with Crippen LogP contribution in [0.1, 0.15) is 53.6 Å². The largest absolute Gasteiger partial charge is 0.510 e. The number of phenolic OH excluding ortho intramolecular Hbond substituents is 1. The zero-order chi connectivity index (χ0) is 29.7. The Kier molecular flexibility index (Phi) is 6.29. The van der Waals surface area contributed by atoms with Crippen molar-refractivity contribution < 1.29 is 34.8 Å². The number of aliphatic hydroxyl groups is 3. The summed E-state index contributed by atoms with van der Waals surface area (Å²) < 4.78 is 0. The molecule has 0 saturated carbocycles. The predicted octanol–water partition coefficient (Wildman–Crippen LogP) is 1.31. The van der Waals surface area contributed by atoms with Crippen molar-refractivity contribution in [3.63, 3.8) is 0 Å². The molecular formula is C30H38N4O7. The Balaban J connectivity index is 1.49. The molecule has 220 valence electrons. The van der Waals surface area contributed by atoms with Crippen molar-refractivity contribution in [3.05, 3.63) is 45.4 Å². The molecule has 2 bridgehead atoms. The van der Waals surface area contributed by atoms with Crippen LogP contribution in [0.3, 0.4) is 0 Å². The first-order valence-corrected chi connectivity index (χ1v) is 14.2. The van der Waals surface area contributed by atoms with Gasteiger partial charge in [0.05, 0.1) is 11.6 Å². The van der Waals surface area contributed by atoms with Crippen LogP contribution >= 0.6 is 0 Å². The highest BCUT2D eigenvalue weighted by molar-refractivity contribution is 6.24. The number of carbonyl (C=O) groups is 3. The van der Waals surface area contributed by atoms with Crippen molar-refractivity contribution in [1.82, 2.24) is 9.80 Å². The van der Waals surface area contributed by atoms with E-state index in [1.807, 2.05) is 19.0 Å². The van der Waals surface area contributed by atoms with Gasteiger partial charge in [-0.05, 0) is 75.7 Å². The quantitative estimate of drug-likeness (QED) is 0.328. The van der Waals surface area contributed by atoms with Gasteiger partial charge in [0.25, 0.3) is 5.91 Å². The van der Waals surface area contributed by atoms with Crippen molar-refractivity contribution in [1.29, 1.82) is 0 Å². The molecule has 2 saturated heterocycles. The predicted molar refractivity (Wildman–Crippen MR) is 150 cm³/mol. The summed E-state index contributed by atoms with van der Waals surface area (Å²) in [6.07, 6.45) is 5.02. The van der Waals surface area contributed by atoms with Crippen molar-refractivity contribution >= 4 is 23.2 Å². The first kappa shape index (κ1) is 27.7. The zero-order valence-electron chi connectivity index (χ0n) is 23.8. The molecule has 11 nitrogen and oxygen atoms in total. The number of anilines is 1. The van der Waals surface area contributed by atoms with Gasteiger partial charge >= 0.3 is 0 Å². The van der Waals surface area contributed by atoms with E-state index in [-0.39, 0.29) is 29.7 Å². The topological polar surface area (TPSA) is 168 Å². The Bertz CT molecular complexity index is 1430. The normalized spacial score (nSPS) is 32.9. The number of aromatic hydroxyl groups is 1. The van der Waals surface area contributed by atoms with Gasteiger partial charge in [0.1, 0.15) is 22.8 Å². The number of allylic oxidation sites excluding steroid dienone is 1. The number of nitrogens with zero attached hydrogens (tertiary/aromatic N) is 3. The van der Waals surface area contributed by atoms with Crippen molar-refractivity contribution in [2.45, 2.75) is 68.8 Å². The van der Waals surface area contributed by atoms with Crippen LogP contribution in [0.5, 0.6) is 5.75 Å². The SMILES string of the molecule is CN(C)c1c(CN2C3CCC2CC3)cc(O)c2c1C[C@H]1C[C@H]3[C@H](N(C)C)C(O)=C(C(N)=O)C(=O)[C@@]3(O)C(O)=C1C2=O. The number of nitrogens with two attached hydrogens (primary N) is 1. The zero-order valence-corrected chi connectivity index (χ0v) is 23.8. The van der Waals surface area contributed by atoms with Crippen LogP contribution in [0.15, 0.2) is 28.7 Å². The second-order valence-corrected chi connectivity index (χ2v) is 12.7. The summed E-state index contributed by atoms with van der Waals surface area (Å²) in [5.74, 6) is -6.41. The minimum absolute atomic E-state index is 0.0441. The second-order valence-electron chi connectivity index (χ2n) is 12.7. The van der Waals surface area contributed by atoms with Crippen molar-refractivity contribution in [3.8, 4) is 5.75 Å². The van der Waals surface area contributed by atoms with E-state index < -0.39 is 58.0 Å². The van der Waals surface area contributed by atoms with E-state index in [1.165, 1.54) is 25.7 Å². The summed E-state index contributed by atoms with van der Waals surface area (Å²) in [4.78, 5) is 45.7. The molecule has 6 N–H and O–H groups in total. The Morgan fingerprint density at radius 1 is 1.07 bits per heavy atom. The molecule has 41 heavy (non-hydrogen) atoms. The average molecular weight is 567 g/mol. The third-order valence-electron chi connectivity index (χ3n) is 10.2. The fraction of sp³-hybridized carbons (Fsp3) is 0.567. The molecule has 2 heterocycles. The van der Waals surface area contributed by atoms with Gasteiger partial charge in [-0.15, -0.1) is 0 Å². The van der Waals surface area contributed by atoms with Gasteiger partial charge in [-0.3, -0.25) is 24.2 Å². The number of phenols is 1. The van der Waals surface area contributed by atoms with Crippen LogP contribution in [0.25, 0.3) is 0 Å². The molecule has 0 unspecified atom stereocenters. The van der Waals surface area contributed by atoms with E-state index in [0.717, 1.165) is 11.3 Å². The molecule has 5 aliphatic rings. The smallest absolute Gasteiger partial charge is 0.255 e. The van der Waals surface area contributed by atoms with Gasteiger partial charge in [-0.1, -0.05) is 0 Å². The minimum atomic E-state index is -2.64. The molecule has 6 rings (SSSR count). The standard InChI is InChI=1S/C30H38N4O7/c1-32(2)23-14(12-34-15-5-6-16(34)8-7-15)11-19(35)21-17(23)9-13-10-18-24(33(3)4)26(37)22(29(31)40)28(39)30(18,41)27(38)20(13)25(21)36/h11,13,15-16,18,24,35,37-38,41H,5-10,12H2,1-4H3,(H2,31,40)/t13-,15?,16?,18-,24-,30-/m0/s1. The first-order chi connectivity index (χ1) is 19.3. The molecule has 0 aromatic heterocycles. The van der Waals surface area contributed by atoms with Crippen molar-refractivity contribution in [2.75, 3.05) is 33.1 Å². The van der Waals surface area contributed by atoms with Gasteiger partial charge in [0.15, 0.2) is 11.4 Å². The maximum Gasteiger partial charge on any atom is 0.255 e. The number of rotatable bonds is 5. The maximum absolute atomic E-state index is 14.1. The van der Waals surface area contributed by atoms with Gasteiger partial charge in [-0.25, -0.2) is 0 Å². The molecule has 0 spiro atoms. The number of ketones is 2. The number of fused-ring (bicyclic) bond motifs is 5. The summed E-state index contributed by atoms with van der Waals surface area (Å²) in [5, 5.41) is 45.5. The van der Waals surface area contributed by atoms with Crippen molar-refractivity contribution in [2.24, 2.45) is 17.6 Å². The third kappa shape index (κ3) is 3.71. The molecular weight excluding hydrogens is 528 g/mol. The Morgan fingerprint density at radius 3 is 2.22 bits per heavy atom. The first-order valence-electron chi connectivity index (χ1n) is 14.2. The summed E-state index contributed by atoms with van der Waals surface area (Å²) in [6.45, 7) is 0.657. The number of aliphatic hydroxyl groups excluding tert-OH is 2. The van der Waals surface area contributed by atoms with Crippen LogP contribution in [0, 0.1) is 11.8 Å².